The van der Waals surface area contributed by atoms with Gasteiger partial charge in [-0.1, -0.05) is 18.2 Å². The van der Waals surface area contributed by atoms with Gasteiger partial charge < -0.3 is 23.9 Å². The molecule has 3 aromatic rings. The van der Waals surface area contributed by atoms with Crippen LogP contribution >= 0.6 is 0 Å². The normalized spacial score (nSPS) is 16.1. The Morgan fingerprint density at radius 3 is 2.70 bits per heavy atom. The molecule has 0 bridgehead atoms. The molecule has 1 aliphatic heterocycles. The number of carbonyl (C=O) groups excluding carboxylic acids is 2. The lowest BCUT2D eigenvalue weighted by atomic mass is 10.0. The zero-order valence-corrected chi connectivity index (χ0v) is 16.9. The van der Waals surface area contributed by atoms with Gasteiger partial charge in [0.2, 0.25) is 0 Å². The number of rotatable bonds is 7. The number of esters is 2. The molecule has 156 valence electrons. The van der Waals surface area contributed by atoms with E-state index in [0.29, 0.717) is 23.5 Å². The van der Waals surface area contributed by atoms with Crippen LogP contribution in [0.2, 0.25) is 0 Å². The SMILES string of the molecule is COC(=O)[C@@H](Cc1c[nH]c2ccccc12)N[C@H]1OC(=O)c2c1ccc(OC)c2OC. The van der Waals surface area contributed by atoms with Crippen LogP contribution in [0.1, 0.15) is 27.7 Å². The van der Waals surface area contributed by atoms with Crippen molar-refractivity contribution in [3.63, 3.8) is 0 Å². The molecule has 0 radical (unpaired) electrons. The first kappa shape index (κ1) is 19.8. The van der Waals surface area contributed by atoms with E-state index >= 15 is 0 Å². The number of aromatic amines is 1. The van der Waals surface area contributed by atoms with E-state index in [1.165, 1.54) is 21.3 Å². The number of cyclic esters (lactones) is 1. The molecule has 0 saturated carbocycles. The number of para-hydroxylation sites is 1. The average Bonchev–Trinajstić information content (AvgIpc) is 3.33. The molecule has 1 aliphatic rings. The predicted molar refractivity (Wildman–Crippen MR) is 109 cm³/mol. The van der Waals surface area contributed by atoms with E-state index in [2.05, 4.69) is 10.3 Å². The van der Waals surface area contributed by atoms with Gasteiger partial charge in [-0.2, -0.15) is 0 Å². The first-order chi connectivity index (χ1) is 14.6. The van der Waals surface area contributed by atoms with Crippen LogP contribution in [0.15, 0.2) is 42.6 Å². The largest absolute Gasteiger partial charge is 0.493 e. The van der Waals surface area contributed by atoms with Crippen molar-refractivity contribution >= 4 is 22.8 Å². The number of aromatic nitrogens is 1. The molecule has 8 heteroatoms. The monoisotopic (exact) mass is 410 g/mol. The minimum absolute atomic E-state index is 0.282. The molecule has 2 atom stereocenters. The van der Waals surface area contributed by atoms with Gasteiger partial charge in [0.1, 0.15) is 11.6 Å². The zero-order valence-electron chi connectivity index (χ0n) is 16.9. The van der Waals surface area contributed by atoms with E-state index in [9.17, 15) is 9.59 Å². The Morgan fingerprint density at radius 2 is 1.97 bits per heavy atom. The molecule has 0 fully saturated rings. The summed E-state index contributed by atoms with van der Waals surface area (Å²) < 4.78 is 21.1. The van der Waals surface area contributed by atoms with Crippen molar-refractivity contribution in [1.82, 2.24) is 10.3 Å². The molecule has 0 amide bonds. The predicted octanol–water partition coefficient (Wildman–Crippen LogP) is 2.73. The van der Waals surface area contributed by atoms with Crippen LogP contribution in [0.5, 0.6) is 11.5 Å². The number of hydrogen-bond acceptors (Lipinski definition) is 7. The maximum Gasteiger partial charge on any atom is 0.344 e. The van der Waals surface area contributed by atoms with Gasteiger partial charge in [-0.3, -0.25) is 10.1 Å². The molecule has 1 aromatic heterocycles. The third kappa shape index (κ3) is 3.35. The molecule has 0 spiro atoms. The molecule has 30 heavy (non-hydrogen) atoms. The highest BCUT2D eigenvalue weighted by Gasteiger charge is 2.38. The number of benzene rings is 2. The molecule has 0 saturated heterocycles. The third-order valence-electron chi connectivity index (χ3n) is 5.23. The van der Waals surface area contributed by atoms with E-state index in [0.717, 1.165) is 16.5 Å². The first-order valence-electron chi connectivity index (χ1n) is 9.42. The highest BCUT2D eigenvalue weighted by Crippen LogP contribution is 2.41. The van der Waals surface area contributed by atoms with Crippen LogP contribution in [0.3, 0.4) is 0 Å². The summed E-state index contributed by atoms with van der Waals surface area (Å²) in [6.45, 7) is 0. The van der Waals surface area contributed by atoms with Crippen LogP contribution < -0.4 is 14.8 Å². The Hall–Kier alpha value is -3.52. The Morgan fingerprint density at radius 1 is 1.17 bits per heavy atom. The Balaban J connectivity index is 1.64. The van der Waals surface area contributed by atoms with Crippen molar-refractivity contribution in [2.75, 3.05) is 21.3 Å². The third-order valence-corrected chi connectivity index (χ3v) is 5.23. The van der Waals surface area contributed by atoms with Crippen LogP contribution in [0, 0.1) is 0 Å². The van der Waals surface area contributed by atoms with E-state index in [1.54, 1.807) is 12.1 Å². The van der Waals surface area contributed by atoms with Crippen LogP contribution in [0.4, 0.5) is 0 Å². The lowest BCUT2D eigenvalue weighted by Crippen LogP contribution is -2.41. The van der Waals surface area contributed by atoms with E-state index in [-0.39, 0.29) is 5.56 Å². The molecular formula is C22H22N2O6. The number of H-pyrrole nitrogens is 1. The summed E-state index contributed by atoms with van der Waals surface area (Å²) in [4.78, 5) is 28.2. The molecule has 4 rings (SSSR count). The van der Waals surface area contributed by atoms with Gasteiger partial charge in [0, 0.05) is 29.1 Å². The molecule has 2 N–H and O–H groups in total. The zero-order chi connectivity index (χ0) is 21.3. The molecule has 2 aromatic carbocycles. The second-order valence-corrected chi connectivity index (χ2v) is 6.86. The van der Waals surface area contributed by atoms with E-state index in [1.807, 2.05) is 30.5 Å². The Labute approximate surface area is 173 Å². The summed E-state index contributed by atoms with van der Waals surface area (Å²) in [5.41, 5.74) is 2.78. The average molecular weight is 410 g/mol. The molecular weight excluding hydrogens is 388 g/mol. The second-order valence-electron chi connectivity index (χ2n) is 6.86. The number of hydrogen-bond donors (Lipinski definition) is 2. The van der Waals surface area contributed by atoms with Crippen molar-refractivity contribution in [3.8, 4) is 11.5 Å². The summed E-state index contributed by atoms with van der Waals surface area (Å²) in [5, 5.41) is 4.13. The van der Waals surface area contributed by atoms with Gasteiger partial charge in [0.15, 0.2) is 17.7 Å². The number of carbonyl (C=O) groups is 2. The van der Waals surface area contributed by atoms with Gasteiger partial charge in [-0.15, -0.1) is 0 Å². The van der Waals surface area contributed by atoms with Crippen molar-refractivity contribution < 1.29 is 28.5 Å². The number of fused-ring (bicyclic) bond motifs is 2. The maximum absolute atomic E-state index is 12.5. The van der Waals surface area contributed by atoms with Gasteiger partial charge in [-0.05, 0) is 23.8 Å². The topological polar surface area (TPSA) is 98.9 Å². The van der Waals surface area contributed by atoms with Crippen molar-refractivity contribution in [2.45, 2.75) is 18.7 Å². The number of methoxy groups -OCH3 is 3. The summed E-state index contributed by atoms with van der Waals surface area (Å²) in [6.07, 6.45) is 1.40. The molecule has 8 nitrogen and oxygen atoms in total. The highest BCUT2D eigenvalue weighted by atomic mass is 16.6. The standard InChI is InChI=1S/C22H22N2O6/c1-27-17-9-8-14-18(19(17)28-2)22(26)30-20(14)24-16(21(25)29-3)10-12-11-23-15-7-5-4-6-13(12)15/h4-9,11,16,20,23-24H,10H2,1-3H3/t16-,20+/m1/s1. The van der Waals surface area contributed by atoms with Gasteiger partial charge in [-0.25, -0.2) is 4.79 Å². The van der Waals surface area contributed by atoms with Gasteiger partial charge >= 0.3 is 11.9 Å². The fourth-order valence-electron chi connectivity index (χ4n) is 3.78. The van der Waals surface area contributed by atoms with Crippen LogP contribution in [-0.2, 0) is 20.7 Å². The molecule has 0 unspecified atom stereocenters. The summed E-state index contributed by atoms with van der Waals surface area (Å²) in [5.74, 6) is -0.271. The van der Waals surface area contributed by atoms with E-state index < -0.39 is 24.2 Å². The summed E-state index contributed by atoms with van der Waals surface area (Å²) in [6, 6.07) is 10.5. The minimum atomic E-state index is -0.818. The van der Waals surface area contributed by atoms with E-state index in [4.69, 9.17) is 18.9 Å². The lowest BCUT2D eigenvalue weighted by Gasteiger charge is -2.21. The fraction of sp³-hybridized carbons (Fsp3) is 0.273. The quantitative estimate of drug-likeness (QED) is 0.578. The fourth-order valence-corrected chi connectivity index (χ4v) is 3.78. The summed E-state index contributed by atoms with van der Waals surface area (Å²) in [7, 11) is 4.28. The molecule has 2 heterocycles. The van der Waals surface area contributed by atoms with Crippen molar-refractivity contribution in [1.29, 1.82) is 0 Å². The van der Waals surface area contributed by atoms with Crippen LogP contribution in [-0.4, -0.2) is 44.3 Å². The number of nitrogens with one attached hydrogen (secondary N) is 2. The maximum atomic E-state index is 12.5. The van der Waals surface area contributed by atoms with Crippen molar-refractivity contribution in [3.05, 3.63) is 59.3 Å². The molecule has 0 aliphatic carbocycles. The van der Waals surface area contributed by atoms with Gasteiger partial charge in [0.05, 0.1) is 21.3 Å². The van der Waals surface area contributed by atoms with Gasteiger partial charge in [0.25, 0.3) is 0 Å². The smallest absolute Gasteiger partial charge is 0.344 e. The van der Waals surface area contributed by atoms with Crippen molar-refractivity contribution in [2.24, 2.45) is 0 Å². The highest BCUT2D eigenvalue weighted by molar-refractivity contribution is 5.98. The number of ether oxygens (including phenoxy) is 4. The Bertz CT molecular complexity index is 1110. The minimum Gasteiger partial charge on any atom is -0.493 e. The Kier molecular flexibility index (Phi) is 5.33. The summed E-state index contributed by atoms with van der Waals surface area (Å²) >= 11 is 0. The van der Waals surface area contributed by atoms with Crippen LogP contribution in [0.25, 0.3) is 10.9 Å². The first-order valence-corrected chi connectivity index (χ1v) is 9.42. The lowest BCUT2D eigenvalue weighted by molar-refractivity contribution is -0.144. The second kappa shape index (κ2) is 8.08.